The van der Waals surface area contributed by atoms with Crippen LogP contribution >= 0.6 is 0 Å². The third-order valence-electron chi connectivity index (χ3n) is 4.77. The standard InChI is InChI=1S/C16H27N3/c1-12(2)10-15-18-13-11-17-9-6-14(13)19(15)16(3)7-4-5-8-16/h12,17H,4-11H2,1-3H3. The first-order chi connectivity index (χ1) is 9.10. The Labute approximate surface area is 116 Å². The first-order valence-corrected chi connectivity index (χ1v) is 7.91. The number of hydrogen-bond acceptors (Lipinski definition) is 2. The van der Waals surface area contributed by atoms with Crippen LogP contribution in [0.25, 0.3) is 0 Å². The summed E-state index contributed by atoms with van der Waals surface area (Å²) >= 11 is 0. The number of nitrogens with one attached hydrogen (secondary N) is 1. The normalized spacial score (nSPS) is 21.9. The summed E-state index contributed by atoms with van der Waals surface area (Å²) in [5.74, 6) is 2.02. The van der Waals surface area contributed by atoms with Crippen LogP contribution in [0.4, 0.5) is 0 Å². The van der Waals surface area contributed by atoms with Crippen molar-refractivity contribution in [1.82, 2.24) is 14.9 Å². The Bertz CT molecular complexity index is 453. The second-order valence-corrected chi connectivity index (χ2v) is 6.99. The summed E-state index contributed by atoms with van der Waals surface area (Å²) < 4.78 is 2.65. The molecule has 0 bridgehead atoms. The Morgan fingerprint density at radius 2 is 2.05 bits per heavy atom. The Kier molecular flexibility index (Phi) is 3.42. The summed E-state index contributed by atoms with van der Waals surface area (Å²) in [6.07, 6.45) is 7.67. The van der Waals surface area contributed by atoms with Crippen molar-refractivity contribution in [2.24, 2.45) is 5.92 Å². The molecule has 0 radical (unpaired) electrons. The molecule has 0 amide bonds. The molecule has 3 heteroatoms. The molecule has 1 aromatic heterocycles. The van der Waals surface area contributed by atoms with Crippen LogP contribution in [0.3, 0.4) is 0 Å². The number of rotatable bonds is 3. The van der Waals surface area contributed by atoms with Gasteiger partial charge in [0.25, 0.3) is 0 Å². The molecule has 1 aliphatic carbocycles. The fourth-order valence-electron chi connectivity index (χ4n) is 3.87. The average molecular weight is 261 g/mol. The molecule has 0 aromatic carbocycles. The minimum Gasteiger partial charge on any atom is -0.326 e. The fourth-order valence-corrected chi connectivity index (χ4v) is 3.87. The highest BCUT2D eigenvalue weighted by Crippen LogP contribution is 2.39. The summed E-state index contributed by atoms with van der Waals surface area (Å²) in [6.45, 7) is 9.12. The van der Waals surface area contributed by atoms with E-state index in [0.29, 0.717) is 11.5 Å². The van der Waals surface area contributed by atoms with E-state index in [2.05, 4.69) is 30.7 Å². The summed E-state index contributed by atoms with van der Waals surface area (Å²) in [5, 5.41) is 3.46. The lowest BCUT2D eigenvalue weighted by Gasteiger charge is -2.31. The Morgan fingerprint density at radius 1 is 1.32 bits per heavy atom. The second kappa shape index (κ2) is 4.93. The van der Waals surface area contributed by atoms with Gasteiger partial charge in [0.05, 0.1) is 5.69 Å². The molecule has 0 saturated heterocycles. The highest BCUT2D eigenvalue weighted by atomic mass is 15.2. The van der Waals surface area contributed by atoms with Crippen LogP contribution in [-0.4, -0.2) is 16.1 Å². The maximum atomic E-state index is 4.98. The molecule has 0 unspecified atom stereocenters. The van der Waals surface area contributed by atoms with E-state index in [1.165, 1.54) is 42.9 Å². The largest absolute Gasteiger partial charge is 0.326 e. The molecule has 1 N–H and O–H groups in total. The highest BCUT2D eigenvalue weighted by Gasteiger charge is 2.35. The molecular formula is C16H27N3. The summed E-state index contributed by atoms with van der Waals surface area (Å²) in [7, 11) is 0. The highest BCUT2D eigenvalue weighted by molar-refractivity contribution is 5.23. The van der Waals surface area contributed by atoms with Crippen molar-refractivity contribution in [3.05, 3.63) is 17.2 Å². The minimum absolute atomic E-state index is 0.335. The maximum Gasteiger partial charge on any atom is 0.110 e. The number of nitrogens with zero attached hydrogens (tertiary/aromatic N) is 2. The van der Waals surface area contributed by atoms with E-state index >= 15 is 0 Å². The van der Waals surface area contributed by atoms with E-state index < -0.39 is 0 Å². The molecule has 1 saturated carbocycles. The van der Waals surface area contributed by atoms with Crippen LogP contribution in [0.5, 0.6) is 0 Å². The van der Waals surface area contributed by atoms with Crippen LogP contribution < -0.4 is 5.32 Å². The maximum absolute atomic E-state index is 4.98. The Morgan fingerprint density at radius 3 is 2.74 bits per heavy atom. The van der Waals surface area contributed by atoms with Crippen LogP contribution in [-0.2, 0) is 24.9 Å². The van der Waals surface area contributed by atoms with Crippen molar-refractivity contribution in [3.8, 4) is 0 Å². The lowest BCUT2D eigenvalue weighted by Crippen LogP contribution is -2.33. The number of aromatic nitrogens is 2. The van der Waals surface area contributed by atoms with Gasteiger partial charge in [-0.2, -0.15) is 0 Å². The van der Waals surface area contributed by atoms with Gasteiger partial charge >= 0.3 is 0 Å². The van der Waals surface area contributed by atoms with Crippen LogP contribution in [0, 0.1) is 5.92 Å². The average Bonchev–Trinajstić information content (AvgIpc) is 2.92. The van der Waals surface area contributed by atoms with Crippen LogP contribution in [0.15, 0.2) is 0 Å². The zero-order valence-corrected chi connectivity index (χ0v) is 12.6. The first-order valence-electron chi connectivity index (χ1n) is 7.91. The van der Waals surface area contributed by atoms with Crippen molar-refractivity contribution in [2.45, 2.75) is 71.4 Å². The third kappa shape index (κ3) is 2.33. The molecule has 3 rings (SSSR count). The molecule has 2 heterocycles. The summed E-state index contributed by atoms with van der Waals surface area (Å²) in [6, 6.07) is 0. The predicted octanol–water partition coefficient (Wildman–Crippen LogP) is 3.02. The van der Waals surface area contributed by atoms with Crippen LogP contribution in [0.1, 0.15) is 63.7 Å². The van der Waals surface area contributed by atoms with Crippen molar-refractivity contribution in [1.29, 1.82) is 0 Å². The van der Waals surface area contributed by atoms with Gasteiger partial charge in [-0.05, 0) is 25.7 Å². The number of hydrogen-bond donors (Lipinski definition) is 1. The van der Waals surface area contributed by atoms with Gasteiger partial charge in [-0.25, -0.2) is 4.98 Å². The van der Waals surface area contributed by atoms with Crippen molar-refractivity contribution >= 4 is 0 Å². The fraction of sp³-hybridized carbons (Fsp3) is 0.812. The van der Waals surface area contributed by atoms with E-state index in [0.717, 1.165) is 25.9 Å². The Balaban J connectivity index is 2.05. The number of fused-ring (bicyclic) bond motifs is 1. The topological polar surface area (TPSA) is 29.9 Å². The van der Waals surface area contributed by atoms with Gasteiger partial charge in [-0.15, -0.1) is 0 Å². The molecule has 3 nitrogen and oxygen atoms in total. The van der Waals surface area contributed by atoms with E-state index in [1.807, 2.05) is 0 Å². The Hall–Kier alpha value is -0.830. The first kappa shape index (κ1) is 13.2. The quantitative estimate of drug-likeness (QED) is 0.906. The van der Waals surface area contributed by atoms with E-state index in [4.69, 9.17) is 4.98 Å². The van der Waals surface area contributed by atoms with E-state index in [9.17, 15) is 0 Å². The lowest BCUT2D eigenvalue weighted by atomic mass is 9.97. The summed E-state index contributed by atoms with van der Waals surface area (Å²) in [4.78, 5) is 4.98. The second-order valence-electron chi connectivity index (χ2n) is 6.99. The molecule has 106 valence electrons. The minimum atomic E-state index is 0.335. The molecule has 0 atom stereocenters. The molecule has 1 fully saturated rings. The van der Waals surface area contributed by atoms with Crippen molar-refractivity contribution in [2.75, 3.05) is 6.54 Å². The third-order valence-corrected chi connectivity index (χ3v) is 4.77. The molecule has 19 heavy (non-hydrogen) atoms. The van der Waals surface area contributed by atoms with Gasteiger partial charge in [0.15, 0.2) is 0 Å². The van der Waals surface area contributed by atoms with Gasteiger partial charge < -0.3 is 9.88 Å². The van der Waals surface area contributed by atoms with Crippen molar-refractivity contribution in [3.63, 3.8) is 0 Å². The van der Waals surface area contributed by atoms with Gasteiger partial charge in [0.1, 0.15) is 5.82 Å². The van der Waals surface area contributed by atoms with Gasteiger partial charge in [-0.3, -0.25) is 0 Å². The predicted molar refractivity (Wildman–Crippen MR) is 78.3 cm³/mol. The van der Waals surface area contributed by atoms with Gasteiger partial charge in [0, 0.05) is 37.2 Å². The molecule has 0 spiro atoms. The zero-order valence-electron chi connectivity index (χ0n) is 12.6. The van der Waals surface area contributed by atoms with Crippen LogP contribution in [0.2, 0.25) is 0 Å². The zero-order chi connectivity index (χ0) is 13.5. The van der Waals surface area contributed by atoms with Gasteiger partial charge in [0.2, 0.25) is 0 Å². The monoisotopic (exact) mass is 261 g/mol. The molecule has 2 aliphatic rings. The van der Waals surface area contributed by atoms with E-state index in [1.54, 1.807) is 0 Å². The van der Waals surface area contributed by atoms with Gasteiger partial charge in [-0.1, -0.05) is 26.7 Å². The van der Waals surface area contributed by atoms with Crippen molar-refractivity contribution < 1.29 is 0 Å². The number of imidazole rings is 1. The smallest absolute Gasteiger partial charge is 0.110 e. The SMILES string of the molecule is CC(C)Cc1nc2c(n1C1(C)CCCC1)CCNC2. The van der Waals surface area contributed by atoms with E-state index in [-0.39, 0.29) is 0 Å². The molecule has 1 aromatic rings. The summed E-state index contributed by atoms with van der Waals surface area (Å²) in [5.41, 5.74) is 3.18. The molecular weight excluding hydrogens is 234 g/mol. The molecule has 1 aliphatic heterocycles. The lowest BCUT2D eigenvalue weighted by molar-refractivity contribution is 0.303.